The molecule has 0 fully saturated rings. The van der Waals surface area contributed by atoms with Gasteiger partial charge in [-0.05, 0) is 31.0 Å². The fourth-order valence-electron chi connectivity index (χ4n) is 1.74. The van der Waals surface area contributed by atoms with Crippen LogP contribution in [0.3, 0.4) is 0 Å². The molecule has 5 heteroatoms. The molecule has 1 aromatic carbocycles. The van der Waals surface area contributed by atoms with E-state index in [0.717, 1.165) is 12.0 Å². The zero-order valence-corrected chi connectivity index (χ0v) is 10.9. The maximum absolute atomic E-state index is 12.8. The molecule has 0 bridgehead atoms. The fraction of sp³-hybridized carbons (Fsp3) is 0.286. The van der Waals surface area contributed by atoms with E-state index < -0.39 is 0 Å². The highest BCUT2D eigenvalue weighted by Crippen LogP contribution is 2.11. The number of rotatable bonds is 5. The van der Waals surface area contributed by atoms with Crippen molar-refractivity contribution in [1.29, 1.82) is 0 Å². The van der Waals surface area contributed by atoms with E-state index >= 15 is 0 Å². The number of nitrogens with zero attached hydrogens (tertiary/aromatic N) is 2. The third-order valence-electron chi connectivity index (χ3n) is 2.69. The smallest absolute Gasteiger partial charge is 0.223 e. The lowest BCUT2D eigenvalue weighted by atomic mass is 10.1. The van der Waals surface area contributed by atoms with Gasteiger partial charge in [0, 0.05) is 6.04 Å². The van der Waals surface area contributed by atoms with Gasteiger partial charge in [-0.15, -0.1) is 0 Å². The van der Waals surface area contributed by atoms with Gasteiger partial charge in [-0.3, -0.25) is 0 Å². The minimum absolute atomic E-state index is 0.152. The Labute approximate surface area is 111 Å². The van der Waals surface area contributed by atoms with Crippen LogP contribution in [-0.4, -0.2) is 23.1 Å². The minimum atomic E-state index is -0.220. The number of hydrogen-bond acceptors (Lipinski definition) is 4. The number of benzene rings is 1. The van der Waals surface area contributed by atoms with Crippen LogP contribution in [-0.2, 0) is 6.42 Å². The largest absolute Gasteiger partial charge is 0.494 e. The topological polar surface area (TPSA) is 47.0 Å². The van der Waals surface area contributed by atoms with E-state index in [0.29, 0.717) is 11.7 Å². The number of methoxy groups -OCH3 is 1. The summed E-state index contributed by atoms with van der Waals surface area (Å²) >= 11 is 0. The lowest BCUT2D eigenvalue weighted by molar-refractivity contribution is 0.411. The molecule has 19 heavy (non-hydrogen) atoms. The zero-order valence-electron chi connectivity index (χ0n) is 10.9. The summed E-state index contributed by atoms with van der Waals surface area (Å²) in [6.07, 6.45) is 4.00. The summed E-state index contributed by atoms with van der Waals surface area (Å²) < 4.78 is 17.8. The number of ether oxygens (including phenoxy) is 1. The first kappa shape index (κ1) is 13.3. The fourth-order valence-corrected chi connectivity index (χ4v) is 1.74. The molecule has 1 unspecified atom stereocenters. The Morgan fingerprint density at radius 3 is 2.42 bits per heavy atom. The predicted octanol–water partition coefficient (Wildman–Crippen LogP) is 2.67. The van der Waals surface area contributed by atoms with Crippen LogP contribution in [0.15, 0.2) is 36.7 Å². The second-order valence-corrected chi connectivity index (χ2v) is 4.32. The Kier molecular flexibility index (Phi) is 4.28. The highest BCUT2D eigenvalue weighted by atomic mass is 19.1. The summed E-state index contributed by atoms with van der Waals surface area (Å²) in [4.78, 5) is 8.28. The first-order valence-corrected chi connectivity index (χ1v) is 6.04. The van der Waals surface area contributed by atoms with Crippen molar-refractivity contribution in [2.75, 3.05) is 12.4 Å². The summed E-state index contributed by atoms with van der Waals surface area (Å²) in [5.41, 5.74) is 1.06. The SMILES string of the molecule is COc1cnc(NC(C)Cc2ccc(F)cc2)nc1. The molecule has 1 N–H and O–H groups in total. The minimum Gasteiger partial charge on any atom is -0.494 e. The number of aromatic nitrogens is 2. The highest BCUT2D eigenvalue weighted by molar-refractivity contribution is 5.29. The standard InChI is InChI=1S/C14H16FN3O/c1-10(7-11-3-5-12(15)6-4-11)18-14-16-8-13(19-2)9-17-14/h3-6,8-10H,7H2,1-2H3,(H,16,17,18). The third-order valence-corrected chi connectivity index (χ3v) is 2.69. The van der Waals surface area contributed by atoms with Gasteiger partial charge in [0.05, 0.1) is 19.5 Å². The Morgan fingerprint density at radius 2 is 1.84 bits per heavy atom. The first-order valence-electron chi connectivity index (χ1n) is 6.04. The molecular formula is C14H16FN3O. The average molecular weight is 261 g/mol. The quantitative estimate of drug-likeness (QED) is 0.899. The first-order chi connectivity index (χ1) is 9.17. The van der Waals surface area contributed by atoms with Crippen LogP contribution in [0, 0.1) is 5.82 Å². The second-order valence-electron chi connectivity index (χ2n) is 4.32. The van der Waals surface area contributed by atoms with E-state index in [9.17, 15) is 4.39 Å². The normalized spacial score (nSPS) is 11.9. The van der Waals surface area contributed by atoms with Crippen molar-refractivity contribution in [2.45, 2.75) is 19.4 Å². The Balaban J connectivity index is 1.92. The van der Waals surface area contributed by atoms with Crippen molar-refractivity contribution < 1.29 is 9.13 Å². The van der Waals surface area contributed by atoms with E-state index in [1.165, 1.54) is 12.1 Å². The molecule has 1 heterocycles. The molecule has 0 saturated heterocycles. The van der Waals surface area contributed by atoms with Crippen LogP contribution in [0.2, 0.25) is 0 Å². The molecule has 1 aromatic heterocycles. The summed E-state index contributed by atoms with van der Waals surface area (Å²) in [5.74, 6) is 0.954. The summed E-state index contributed by atoms with van der Waals surface area (Å²) in [6, 6.07) is 6.64. The number of nitrogens with one attached hydrogen (secondary N) is 1. The second kappa shape index (κ2) is 6.13. The van der Waals surface area contributed by atoms with E-state index in [1.54, 1.807) is 31.6 Å². The molecule has 0 aliphatic rings. The Morgan fingerprint density at radius 1 is 1.21 bits per heavy atom. The van der Waals surface area contributed by atoms with Gasteiger partial charge in [-0.1, -0.05) is 12.1 Å². The predicted molar refractivity (Wildman–Crippen MR) is 71.8 cm³/mol. The third kappa shape index (κ3) is 3.91. The van der Waals surface area contributed by atoms with Crippen LogP contribution in [0.4, 0.5) is 10.3 Å². The molecule has 2 aromatic rings. The molecule has 0 aliphatic heterocycles. The molecule has 4 nitrogen and oxygen atoms in total. The van der Waals surface area contributed by atoms with Gasteiger partial charge < -0.3 is 10.1 Å². The van der Waals surface area contributed by atoms with Crippen LogP contribution in [0.1, 0.15) is 12.5 Å². The van der Waals surface area contributed by atoms with Crippen molar-refractivity contribution in [3.8, 4) is 5.75 Å². The molecule has 0 radical (unpaired) electrons. The molecule has 0 aliphatic carbocycles. The van der Waals surface area contributed by atoms with Crippen molar-refractivity contribution in [2.24, 2.45) is 0 Å². The van der Waals surface area contributed by atoms with Gasteiger partial charge in [0.15, 0.2) is 5.75 Å². The average Bonchev–Trinajstić information content (AvgIpc) is 2.42. The molecule has 0 saturated carbocycles. The van der Waals surface area contributed by atoms with Gasteiger partial charge in [0.25, 0.3) is 0 Å². The lowest BCUT2D eigenvalue weighted by Crippen LogP contribution is -2.19. The number of anilines is 1. The van der Waals surface area contributed by atoms with Crippen LogP contribution >= 0.6 is 0 Å². The maximum atomic E-state index is 12.8. The summed E-state index contributed by atoms with van der Waals surface area (Å²) in [7, 11) is 1.57. The van der Waals surface area contributed by atoms with Gasteiger partial charge in [0.2, 0.25) is 5.95 Å². The van der Waals surface area contributed by atoms with E-state index in [-0.39, 0.29) is 11.9 Å². The van der Waals surface area contributed by atoms with Crippen molar-refractivity contribution in [3.63, 3.8) is 0 Å². The summed E-state index contributed by atoms with van der Waals surface area (Å²) in [6.45, 7) is 2.02. The van der Waals surface area contributed by atoms with Gasteiger partial charge in [-0.2, -0.15) is 0 Å². The van der Waals surface area contributed by atoms with Gasteiger partial charge >= 0.3 is 0 Å². The molecule has 0 spiro atoms. The van der Waals surface area contributed by atoms with E-state index in [2.05, 4.69) is 15.3 Å². The van der Waals surface area contributed by atoms with E-state index in [1.807, 2.05) is 6.92 Å². The lowest BCUT2D eigenvalue weighted by Gasteiger charge is -2.13. The zero-order chi connectivity index (χ0) is 13.7. The van der Waals surface area contributed by atoms with E-state index in [4.69, 9.17) is 4.74 Å². The number of hydrogen-bond donors (Lipinski definition) is 1. The Hall–Kier alpha value is -2.17. The highest BCUT2D eigenvalue weighted by Gasteiger charge is 2.05. The summed E-state index contributed by atoms with van der Waals surface area (Å²) in [5, 5.41) is 3.18. The molecule has 1 atom stereocenters. The molecule has 0 amide bonds. The van der Waals surface area contributed by atoms with Gasteiger partial charge in [-0.25, -0.2) is 14.4 Å². The number of halogens is 1. The van der Waals surface area contributed by atoms with Crippen molar-refractivity contribution >= 4 is 5.95 Å². The monoisotopic (exact) mass is 261 g/mol. The molecular weight excluding hydrogens is 245 g/mol. The van der Waals surface area contributed by atoms with Crippen LogP contribution < -0.4 is 10.1 Å². The van der Waals surface area contributed by atoms with Crippen molar-refractivity contribution in [1.82, 2.24) is 9.97 Å². The van der Waals surface area contributed by atoms with Crippen LogP contribution in [0.25, 0.3) is 0 Å². The van der Waals surface area contributed by atoms with Crippen molar-refractivity contribution in [3.05, 3.63) is 48.0 Å². The Bertz CT molecular complexity index is 513. The van der Waals surface area contributed by atoms with Gasteiger partial charge in [0.1, 0.15) is 5.82 Å². The molecule has 100 valence electrons. The van der Waals surface area contributed by atoms with Crippen LogP contribution in [0.5, 0.6) is 5.75 Å². The maximum Gasteiger partial charge on any atom is 0.223 e. The molecule has 2 rings (SSSR count).